The van der Waals surface area contributed by atoms with Gasteiger partial charge in [0.25, 0.3) is 0 Å². The van der Waals surface area contributed by atoms with Crippen molar-refractivity contribution in [2.45, 2.75) is 25.3 Å². The zero-order valence-electron chi connectivity index (χ0n) is 9.76. The lowest BCUT2D eigenvalue weighted by atomic mass is 10.0. The van der Waals surface area contributed by atoms with Crippen molar-refractivity contribution in [2.24, 2.45) is 11.8 Å². The Morgan fingerprint density at radius 1 is 1.35 bits per heavy atom. The quantitative estimate of drug-likeness (QED) is 0.623. The van der Waals surface area contributed by atoms with Gasteiger partial charge in [0.2, 0.25) is 0 Å². The number of hydrogen-bond donors (Lipinski definition) is 2. The van der Waals surface area contributed by atoms with Crippen LogP contribution in [0.3, 0.4) is 0 Å². The predicted octanol–water partition coefficient (Wildman–Crippen LogP) is 2.54. The number of pyridine rings is 1. The molecule has 3 rings (SSSR count). The van der Waals surface area contributed by atoms with Crippen LogP contribution in [-0.2, 0) is 0 Å². The second kappa shape index (κ2) is 4.43. The molecule has 1 atom stereocenters. The number of hydrazine groups is 1. The summed E-state index contributed by atoms with van der Waals surface area (Å²) in [6, 6.07) is 10.6. The van der Waals surface area contributed by atoms with Gasteiger partial charge in [0.1, 0.15) is 0 Å². The molecule has 17 heavy (non-hydrogen) atoms. The summed E-state index contributed by atoms with van der Waals surface area (Å²) >= 11 is 0. The van der Waals surface area contributed by atoms with Crippen molar-refractivity contribution in [1.82, 2.24) is 10.4 Å². The number of rotatable bonds is 4. The van der Waals surface area contributed by atoms with Gasteiger partial charge in [-0.15, -0.1) is 0 Å². The number of fused-ring (bicyclic) bond motifs is 1. The first-order chi connectivity index (χ1) is 8.36. The van der Waals surface area contributed by atoms with Crippen LogP contribution in [0, 0.1) is 5.92 Å². The molecule has 0 saturated heterocycles. The van der Waals surface area contributed by atoms with Crippen molar-refractivity contribution >= 4 is 10.9 Å². The fraction of sp³-hybridized carbons (Fsp3) is 0.357. The van der Waals surface area contributed by atoms with Crippen LogP contribution >= 0.6 is 0 Å². The van der Waals surface area contributed by atoms with Crippen LogP contribution in [0.5, 0.6) is 0 Å². The van der Waals surface area contributed by atoms with Crippen LogP contribution in [0.25, 0.3) is 10.9 Å². The smallest absolute Gasteiger partial charge is 0.0702 e. The van der Waals surface area contributed by atoms with E-state index in [4.69, 9.17) is 5.84 Å². The number of aromatic nitrogens is 1. The number of hydrogen-bond acceptors (Lipinski definition) is 3. The average Bonchev–Trinajstić information content (AvgIpc) is 3.19. The van der Waals surface area contributed by atoms with E-state index in [-0.39, 0.29) is 6.04 Å². The van der Waals surface area contributed by atoms with Crippen molar-refractivity contribution in [3.63, 3.8) is 0 Å². The summed E-state index contributed by atoms with van der Waals surface area (Å²) in [7, 11) is 0. The van der Waals surface area contributed by atoms with E-state index in [2.05, 4.69) is 22.5 Å². The highest BCUT2D eigenvalue weighted by Crippen LogP contribution is 2.37. The fourth-order valence-corrected chi connectivity index (χ4v) is 2.27. The largest absolute Gasteiger partial charge is 0.271 e. The van der Waals surface area contributed by atoms with Crippen LogP contribution in [0.1, 0.15) is 30.9 Å². The molecule has 0 radical (unpaired) electrons. The van der Waals surface area contributed by atoms with E-state index in [1.807, 2.05) is 24.4 Å². The maximum absolute atomic E-state index is 5.65. The minimum absolute atomic E-state index is 0.236. The van der Waals surface area contributed by atoms with Crippen LogP contribution in [-0.4, -0.2) is 4.98 Å². The third-order valence-electron chi connectivity index (χ3n) is 3.48. The van der Waals surface area contributed by atoms with Crippen molar-refractivity contribution in [3.05, 3.63) is 42.1 Å². The van der Waals surface area contributed by atoms with Crippen LogP contribution in [0.4, 0.5) is 0 Å². The third kappa shape index (κ3) is 2.30. The molecule has 0 bridgehead atoms. The van der Waals surface area contributed by atoms with E-state index in [9.17, 15) is 0 Å². The van der Waals surface area contributed by atoms with Gasteiger partial charge < -0.3 is 0 Å². The molecule has 1 aliphatic carbocycles. The van der Waals surface area contributed by atoms with Gasteiger partial charge in [0.15, 0.2) is 0 Å². The lowest BCUT2D eigenvalue weighted by Gasteiger charge is -2.16. The molecule has 0 aliphatic heterocycles. The van der Waals surface area contributed by atoms with Crippen LogP contribution in [0.15, 0.2) is 36.5 Å². The molecule has 1 aromatic heterocycles. The minimum atomic E-state index is 0.236. The summed E-state index contributed by atoms with van der Waals surface area (Å²) in [5.41, 5.74) is 5.15. The first-order valence-corrected chi connectivity index (χ1v) is 6.17. The number of nitrogens with two attached hydrogens (primary N) is 1. The Labute approximate surface area is 101 Å². The fourth-order valence-electron chi connectivity index (χ4n) is 2.27. The minimum Gasteiger partial charge on any atom is -0.271 e. The molecule has 1 aliphatic rings. The number of para-hydroxylation sites is 1. The molecular weight excluding hydrogens is 210 g/mol. The van der Waals surface area contributed by atoms with E-state index in [1.54, 1.807) is 0 Å². The second-order valence-electron chi connectivity index (χ2n) is 4.86. The molecule has 0 spiro atoms. The Kier molecular flexibility index (Phi) is 2.79. The summed E-state index contributed by atoms with van der Waals surface area (Å²) < 4.78 is 0. The Bertz CT molecular complexity index is 520. The van der Waals surface area contributed by atoms with Gasteiger partial charge in [-0.3, -0.25) is 16.3 Å². The first-order valence-electron chi connectivity index (χ1n) is 6.17. The Morgan fingerprint density at radius 2 is 2.18 bits per heavy atom. The lowest BCUT2D eigenvalue weighted by Crippen LogP contribution is -2.28. The lowest BCUT2D eigenvalue weighted by molar-refractivity contribution is 0.486. The topological polar surface area (TPSA) is 50.9 Å². The molecule has 1 fully saturated rings. The molecule has 1 heterocycles. The highest BCUT2D eigenvalue weighted by atomic mass is 15.2. The summed E-state index contributed by atoms with van der Waals surface area (Å²) in [4.78, 5) is 4.48. The summed E-state index contributed by atoms with van der Waals surface area (Å²) in [5.74, 6) is 6.50. The third-order valence-corrected chi connectivity index (χ3v) is 3.48. The van der Waals surface area contributed by atoms with Gasteiger partial charge in [-0.2, -0.15) is 0 Å². The summed E-state index contributed by atoms with van der Waals surface area (Å²) in [6.07, 6.45) is 5.75. The Morgan fingerprint density at radius 3 is 2.94 bits per heavy atom. The van der Waals surface area contributed by atoms with Gasteiger partial charge in [-0.1, -0.05) is 31.0 Å². The zero-order valence-corrected chi connectivity index (χ0v) is 9.76. The Balaban J connectivity index is 1.92. The van der Waals surface area contributed by atoms with Gasteiger partial charge in [-0.25, -0.2) is 0 Å². The number of nitrogens with zero attached hydrogens (tertiary/aromatic N) is 1. The van der Waals surface area contributed by atoms with E-state index < -0.39 is 0 Å². The van der Waals surface area contributed by atoms with Crippen molar-refractivity contribution in [2.75, 3.05) is 0 Å². The zero-order chi connectivity index (χ0) is 11.7. The maximum Gasteiger partial charge on any atom is 0.0702 e. The molecule has 1 unspecified atom stereocenters. The molecule has 3 nitrogen and oxygen atoms in total. The Hall–Kier alpha value is -1.45. The monoisotopic (exact) mass is 227 g/mol. The van der Waals surface area contributed by atoms with E-state index in [0.717, 1.165) is 17.9 Å². The highest BCUT2D eigenvalue weighted by Gasteiger charge is 2.25. The normalized spacial score (nSPS) is 17.2. The van der Waals surface area contributed by atoms with Crippen LogP contribution < -0.4 is 11.3 Å². The van der Waals surface area contributed by atoms with Crippen molar-refractivity contribution < 1.29 is 0 Å². The SMILES string of the molecule is NNC(CC1CC1)c1cnc2ccccc2c1. The molecule has 3 N–H and O–H groups in total. The van der Waals surface area contributed by atoms with Gasteiger partial charge >= 0.3 is 0 Å². The summed E-state index contributed by atoms with van der Waals surface area (Å²) in [5, 5.41) is 1.18. The van der Waals surface area contributed by atoms with E-state index in [1.165, 1.54) is 23.8 Å². The average molecular weight is 227 g/mol. The molecule has 1 saturated carbocycles. The van der Waals surface area contributed by atoms with E-state index >= 15 is 0 Å². The molecule has 88 valence electrons. The van der Waals surface area contributed by atoms with Gasteiger partial charge in [0.05, 0.1) is 5.52 Å². The molecule has 2 aromatic rings. The number of benzene rings is 1. The number of nitrogens with one attached hydrogen (secondary N) is 1. The molecule has 0 amide bonds. The standard InChI is InChI=1S/C14H17N3/c15-17-14(7-10-5-6-10)12-8-11-3-1-2-4-13(11)16-9-12/h1-4,8-10,14,17H,5-7,15H2. The van der Waals surface area contributed by atoms with Gasteiger partial charge in [-0.05, 0) is 30.0 Å². The van der Waals surface area contributed by atoms with Crippen molar-refractivity contribution in [3.8, 4) is 0 Å². The van der Waals surface area contributed by atoms with E-state index in [0.29, 0.717) is 0 Å². The second-order valence-corrected chi connectivity index (χ2v) is 4.86. The first kappa shape index (κ1) is 10.7. The predicted molar refractivity (Wildman–Crippen MR) is 69.1 cm³/mol. The maximum atomic E-state index is 5.65. The van der Waals surface area contributed by atoms with Gasteiger partial charge in [0, 0.05) is 17.6 Å². The summed E-state index contributed by atoms with van der Waals surface area (Å²) in [6.45, 7) is 0. The van der Waals surface area contributed by atoms with Crippen molar-refractivity contribution in [1.29, 1.82) is 0 Å². The van der Waals surface area contributed by atoms with Crippen LogP contribution in [0.2, 0.25) is 0 Å². The molecule has 3 heteroatoms. The highest BCUT2D eigenvalue weighted by molar-refractivity contribution is 5.78. The molecule has 1 aromatic carbocycles. The molecular formula is C14H17N3.